The fourth-order valence-corrected chi connectivity index (χ4v) is 2.75. The van der Waals surface area contributed by atoms with Gasteiger partial charge in [-0.1, -0.05) is 5.16 Å². The maximum absolute atomic E-state index is 5.21. The normalized spacial score (nSPS) is 11.0. The third-order valence-electron chi connectivity index (χ3n) is 2.32. The maximum Gasteiger partial charge on any atom is 0.233 e. The van der Waals surface area contributed by atoms with Crippen molar-refractivity contribution in [2.24, 2.45) is 0 Å². The summed E-state index contributed by atoms with van der Waals surface area (Å²) < 4.78 is 5.21. The Morgan fingerprint density at radius 3 is 2.50 bits per heavy atom. The standard InChI is InChI=1S/C11H10N4OS2/c1-6-12-8(4-17-6)3-10-14-11(15-16-10)9-5-18-7(2)13-9/h4-5H,3H2,1-2H3. The minimum Gasteiger partial charge on any atom is -0.338 e. The van der Waals surface area contributed by atoms with Gasteiger partial charge >= 0.3 is 0 Å². The summed E-state index contributed by atoms with van der Waals surface area (Å²) in [5, 5.41) is 9.90. The smallest absolute Gasteiger partial charge is 0.233 e. The average molecular weight is 278 g/mol. The van der Waals surface area contributed by atoms with Gasteiger partial charge in [-0.2, -0.15) is 4.98 Å². The van der Waals surface area contributed by atoms with Crippen molar-refractivity contribution in [3.63, 3.8) is 0 Å². The van der Waals surface area contributed by atoms with Crippen LogP contribution in [0.5, 0.6) is 0 Å². The van der Waals surface area contributed by atoms with Crippen molar-refractivity contribution in [2.75, 3.05) is 0 Å². The highest BCUT2D eigenvalue weighted by atomic mass is 32.1. The Balaban J connectivity index is 1.81. The first kappa shape index (κ1) is 11.5. The van der Waals surface area contributed by atoms with Crippen molar-refractivity contribution in [3.05, 3.63) is 32.4 Å². The van der Waals surface area contributed by atoms with E-state index in [-0.39, 0.29) is 0 Å². The van der Waals surface area contributed by atoms with E-state index in [0.29, 0.717) is 18.1 Å². The van der Waals surface area contributed by atoms with Gasteiger partial charge in [-0.25, -0.2) is 9.97 Å². The van der Waals surface area contributed by atoms with E-state index in [1.54, 1.807) is 22.7 Å². The van der Waals surface area contributed by atoms with Crippen LogP contribution < -0.4 is 0 Å². The molecule has 5 nitrogen and oxygen atoms in total. The Morgan fingerprint density at radius 1 is 1.06 bits per heavy atom. The van der Waals surface area contributed by atoms with E-state index >= 15 is 0 Å². The van der Waals surface area contributed by atoms with E-state index in [9.17, 15) is 0 Å². The first-order valence-electron chi connectivity index (χ1n) is 5.37. The molecule has 0 fully saturated rings. The third-order valence-corrected chi connectivity index (χ3v) is 3.91. The van der Waals surface area contributed by atoms with Gasteiger partial charge in [0.15, 0.2) is 0 Å². The van der Waals surface area contributed by atoms with Crippen LogP contribution in [0.4, 0.5) is 0 Å². The fraction of sp³-hybridized carbons (Fsp3) is 0.273. The van der Waals surface area contributed by atoms with Crippen LogP contribution in [-0.4, -0.2) is 20.1 Å². The zero-order valence-electron chi connectivity index (χ0n) is 9.88. The molecule has 0 amide bonds. The Hall–Kier alpha value is -1.60. The van der Waals surface area contributed by atoms with E-state index in [4.69, 9.17) is 4.52 Å². The number of aryl methyl sites for hydroxylation is 2. The predicted octanol–water partition coefficient (Wildman–Crippen LogP) is 2.86. The lowest BCUT2D eigenvalue weighted by Gasteiger charge is -1.87. The van der Waals surface area contributed by atoms with Crippen molar-refractivity contribution in [2.45, 2.75) is 20.3 Å². The van der Waals surface area contributed by atoms with Crippen molar-refractivity contribution in [3.8, 4) is 11.5 Å². The van der Waals surface area contributed by atoms with Crippen LogP contribution in [0.1, 0.15) is 21.6 Å². The molecule has 7 heteroatoms. The van der Waals surface area contributed by atoms with E-state index < -0.39 is 0 Å². The number of thiazole rings is 2. The number of rotatable bonds is 3. The molecule has 0 N–H and O–H groups in total. The Kier molecular flexibility index (Phi) is 2.92. The highest BCUT2D eigenvalue weighted by molar-refractivity contribution is 7.10. The van der Waals surface area contributed by atoms with Crippen molar-refractivity contribution in [1.29, 1.82) is 0 Å². The summed E-state index contributed by atoms with van der Waals surface area (Å²) >= 11 is 3.19. The molecule has 3 heterocycles. The highest BCUT2D eigenvalue weighted by Crippen LogP contribution is 2.19. The van der Waals surface area contributed by atoms with Gasteiger partial charge in [0.05, 0.1) is 22.1 Å². The molecule has 0 aliphatic heterocycles. The molecule has 18 heavy (non-hydrogen) atoms. The molecule has 92 valence electrons. The van der Waals surface area contributed by atoms with Gasteiger partial charge in [-0.15, -0.1) is 22.7 Å². The highest BCUT2D eigenvalue weighted by Gasteiger charge is 2.12. The lowest BCUT2D eigenvalue weighted by molar-refractivity contribution is 0.385. The molecule has 0 radical (unpaired) electrons. The molecule has 3 aromatic heterocycles. The second-order valence-electron chi connectivity index (χ2n) is 3.80. The average Bonchev–Trinajstić information content (AvgIpc) is 3.01. The first-order valence-corrected chi connectivity index (χ1v) is 7.13. The lowest BCUT2D eigenvalue weighted by atomic mass is 10.3. The van der Waals surface area contributed by atoms with Crippen molar-refractivity contribution in [1.82, 2.24) is 20.1 Å². The maximum atomic E-state index is 5.21. The van der Waals surface area contributed by atoms with Gasteiger partial charge < -0.3 is 4.52 Å². The summed E-state index contributed by atoms with van der Waals surface area (Å²) in [6.45, 7) is 3.93. The molecule has 0 saturated carbocycles. The van der Waals surface area contributed by atoms with Gasteiger partial charge in [0.2, 0.25) is 11.7 Å². The van der Waals surface area contributed by atoms with Crippen LogP contribution in [0.3, 0.4) is 0 Å². The van der Waals surface area contributed by atoms with Crippen LogP contribution in [0.2, 0.25) is 0 Å². The minimum absolute atomic E-state index is 0.543. The summed E-state index contributed by atoms with van der Waals surface area (Å²) in [5.74, 6) is 1.11. The summed E-state index contributed by atoms with van der Waals surface area (Å²) in [6, 6.07) is 0. The molecule has 0 aliphatic carbocycles. The molecular formula is C11H10N4OS2. The summed E-state index contributed by atoms with van der Waals surface area (Å²) in [6.07, 6.45) is 0.570. The number of nitrogens with zero attached hydrogens (tertiary/aromatic N) is 4. The van der Waals surface area contributed by atoms with Crippen LogP contribution in [-0.2, 0) is 6.42 Å². The van der Waals surface area contributed by atoms with Crippen LogP contribution >= 0.6 is 22.7 Å². The quantitative estimate of drug-likeness (QED) is 0.737. The third kappa shape index (κ3) is 2.32. The van der Waals surface area contributed by atoms with Gasteiger partial charge in [0.25, 0.3) is 0 Å². The van der Waals surface area contributed by atoms with Gasteiger partial charge in [0.1, 0.15) is 5.69 Å². The topological polar surface area (TPSA) is 64.7 Å². The second kappa shape index (κ2) is 4.58. The zero-order chi connectivity index (χ0) is 12.5. The van der Waals surface area contributed by atoms with E-state index in [1.165, 1.54) is 0 Å². The van der Waals surface area contributed by atoms with Crippen LogP contribution in [0, 0.1) is 13.8 Å². The molecule has 0 bridgehead atoms. The Morgan fingerprint density at radius 2 is 1.83 bits per heavy atom. The SMILES string of the molecule is Cc1nc(Cc2nc(-c3csc(C)n3)no2)cs1. The fourth-order valence-electron chi connectivity index (χ4n) is 1.54. The Bertz CT molecular complexity index is 670. The molecule has 0 spiro atoms. The van der Waals surface area contributed by atoms with Gasteiger partial charge in [-0.05, 0) is 13.8 Å². The van der Waals surface area contributed by atoms with Crippen molar-refractivity contribution < 1.29 is 4.52 Å². The zero-order valence-corrected chi connectivity index (χ0v) is 11.5. The Labute approximate surface area is 112 Å². The molecular weight excluding hydrogens is 268 g/mol. The monoisotopic (exact) mass is 278 g/mol. The van der Waals surface area contributed by atoms with Gasteiger partial charge in [-0.3, -0.25) is 0 Å². The van der Waals surface area contributed by atoms with Crippen molar-refractivity contribution >= 4 is 22.7 Å². The lowest BCUT2D eigenvalue weighted by Crippen LogP contribution is -1.89. The van der Waals surface area contributed by atoms with Gasteiger partial charge in [0, 0.05) is 10.8 Å². The van der Waals surface area contributed by atoms with E-state index in [1.807, 2.05) is 24.6 Å². The largest absolute Gasteiger partial charge is 0.338 e. The molecule has 0 aliphatic rings. The molecule has 3 aromatic rings. The molecule has 0 atom stereocenters. The van der Waals surface area contributed by atoms with E-state index in [0.717, 1.165) is 21.4 Å². The molecule has 0 saturated heterocycles. The molecule has 0 unspecified atom stereocenters. The van der Waals surface area contributed by atoms with Crippen LogP contribution in [0.15, 0.2) is 15.3 Å². The van der Waals surface area contributed by atoms with Crippen LogP contribution in [0.25, 0.3) is 11.5 Å². The predicted molar refractivity (Wildman–Crippen MR) is 69.8 cm³/mol. The van der Waals surface area contributed by atoms with E-state index in [2.05, 4.69) is 20.1 Å². The second-order valence-corrected chi connectivity index (χ2v) is 5.92. The molecule has 0 aromatic carbocycles. The minimum atomic E-state index is 0.543. The number of hydrogen-bond donors (Lipinski definition) is 0. The molecule has 3 rings (SSSR count). The summed E-state index contributed by atoms with van der Waals surface area (Å²) in [4.78, 5) is 13.0. The number of hydrogen-bond acceptors (Lipinski definition) is 7. The number of aromatic nitrogens is 4. The first-order chi connectivity index (χ1) is 8.70. The summed E-state index contributed by atoms with van der Waals surface area (Å²) in [5.41, 5.74) is 1.73. The summed E-state index contributed by atoms with van der Waals surface area (Å²) in [7, 11) is 0.